The molecule has 3 N–H and O–H groups in total. The lowest BCUT2D eigenvalue weighted by molar-refractivity contribution is -0.142. The van der Waals surface area contributed by atoms with E-state index in [4.69, 9.17) is 14.9 Å². The van der Waals surface area contributed by atoms with E-state index < -0.39 is 5.41 Å². The Kier molecular flexibility index (Phi) is 6.44. The van der Waals surface area contributed by atoms with Crippen LogP contribution in [0.4, 0.5) is 0 Å². The van der Waals surface area contributed by atoms with Gasteiger partial charge in [-0.05, 0) is 6.92 Å². The number of ether oxygens (including phenoxy) is 1. The van der Waals surface area contributed by atoms with Crippen LogP contribution in [0.1, 0.15) is 13.8 Å². The van der Waals surface area contributed by atoms with E-state index in [9.17, 15) is 4.79 Å². The third kappa shape index (κ3) is 5.16. The summed E-state index contributed by atoms with van der Waals surface area (Å²) in [5.74, 6) is -0.328. The molecule has 0 aliphatic rings. The summed E-state index contributed by atoms with van der Waals surface area (Å²) in [4.78, 5) is 10.9. The Morgan fingerprint density at radius 3 is 2.43 bits per heavy atom. The molecule has 5 heteroatoms. The molecule has 0 aromatic rings. The Hall–Kier alpha value is -0.650. The highest BCUT2D eigenvalue weighted by Crippen LogP contribution is 2.11. The van der Waals surface area contributed by atoms with E-state index in [2.05, 4.69) is 5.32 Å². The molecule has 0 atom stereocenters. The second kappa shape index (κ2) is 6.75. The van der Waals surface area contributed by atoms with Gasteiger partial charge in [-0.15, -0.1) is 0 Å². The van der Waals surface area contributed by atoms with E-state index in [1.807, 2.05) is 0 Å². The number of carbonyl (C=O) groups excluding carboxylic acids is 1. The summed E-state index contributed by atoms with van der Waals surface area (Å²) in [5, 5.41) is 20.7. The van der Waals surface area contributed by atoms with Gasteiger partial charge in [0.05, 0.1) is 26.4 Å². The van der Waals surface area contributed by atoms with Crippen molar-refractivity contribution in [3.05, 3.63) is 0 Å². The number of aliphatic hydroxyl groups is 2. The van der Waals surface area contributed by atoms with Crippen molar-refractivity contribution in [1.29, 1.82) is 0 Å². The van der Waals surface area contributed by atoms with Crippen LogP contribution in [-0.2, 0) is 9.53 Å². The summed E-state index contributed by atoms with van der Waals surface area (Å²) in [6.07, 6.45) is 0. The maximum Gasteiger partial charge on any atom is 0.319 e. The predicted octanol–water partition coefficient (Wildman–Crippen LogP) is -0.870. The molecular formula is C9H19NO4. The number of esters is 1. The van der Waals surface area contributed by atoms with Gasteiger partial charge in [0.2, 0.25) is 0 Å². The lowest BCUT2D eigenvalue weighted by atomic mass is 9.93. The van der Waals surface area contributed by atoms with Gasteiger partial charge in [-0.25, -0.2) is 0 Å². The van der Waals surface area contributed by atoms with Crippen molar-refractivity contribution in [3.63, 3.8) is 0 Å². The lowest BCUT2D eigenvalue weighted by Gasteiger charge is -2.24. The molecule has 0 saturated heterocycles. The average Bonchev–Trinajstić information content (AvgIpc) is 2.18. The largest absolute Gasteiger partial charge is 0.465 e. The van der Waals surface area contributed by atoms with Crippen LogP contribution in [0.15, 0.2) is 0 Å². The normalized spacial score (nSPS) is 11.4. The van der Waals surface area contributed by atoms with Crippen molar-refractivity contribution >= 4 is 5.97 Å². The second-order valence-corrected chi connectivity index (χ2v) is 3.54. The Bertz CT molecular complexity index is 168. The molecule has 0 radical (unpaired) electrons. The van der Waals surface area contributed by atoms with Gasteiger partial charge in [-0.3, -0.25) is 4.79 Å². The van der Waals surface area contributed by atoms with Crippen LogP contribution in [-0.4, -0.2) is 49.1 Å². The zero-order valence-corrected chi connectivity index (χ0v) is 8.75. The molecule has 0 amide bonds. The molecule has 5 nitrogen and oxygen atoms in total. The smallest absolute Gasteiger partial charge is 0.319 e. The molecule has 0 saturated carbocycles. The molecule has 0 bridgehead atoms. The van der Waals surface area contributed by atoms with Gasteiger partial charge in [0.1, 0.15) is 0 Å². The van der Waals surface area contributed by atoms with Crippen LogP contribution < -0.4 is 5.32 Å². The van der Waals surface area contributed by atoms with Crippen LogP contribution >= 0.6 is 0 Å². The fraction of sp³-hybridized carbons (Fsp3) is 0.889. The molecule has 0 aliphatic heterocycles. The minimum Gasteiger partial charge on any atom is -0.465 e. The predicted molar refractivity (Wildman–Crippen MR) is 51.8 cm³/mol. The number of aliphatic hydroxyl groups excluding tert-OH is 2. The van der Waals surface area contributed by atoms with Crippen molar-refractivity contribution in [3.8, 4) is 0 Å². The Morgan fingerprint density at radius 1 is 1.43 bits per heavy atom. The highest BCUT2D eigenvalue weighted by atomic mass is 16.5. The number of carbonyl (C=O) groups is 1. The zero-order chi connectivity index (χ0) is 11.0. The molecule has 0 aromatic heterocycles. The molecule has 0 fully saturated rings. The minimum absolute atomic E-state index is 0.101. The van der Waals surface area contributed by atoms with Gasteiger partial charge in [-0.2, -0.15) is 0 Å². The minimum atomic E-state index is -0.591. The number of rotatable bonds is 7. The summed E-state index contributed by atoms with van der Waals surface area (Å²) in [6, 6.07) is 0. The van der Waals surface area contributed by atoms with Crippen molar-refractivity contribution in [2.75, 3.05) is 32.9 Å². The molecule has 0 rings (SSSR count). The van der Waals surface area contributed by atoms with E-state index in [0.29, 0.717) is 13.2 Å². The second-order valence-electron chi connectivity index (χ2n) is 3.54. The first-order chi connectivity index (χ1) is 6.58. The van der Waals surface area contributed by atoms with Crippen molar-refractivity contribution in [1.82, 2.24) is 5.32 Å². The molecule has 0 spiro atoms. The first-order valence-electron chi connectivity index (χ1n) is 4.66. The average molecular weight is 205 g/mol. The zero-order valence-electron chi connectivity index (χ0n) is 8.75. The summed E-state index contributed by atoms with van der Waals surface area (Å²) in [5.41, 5.74) is -0.591. The summed E-state index contributed by atoms with van der Waals surface area (Å²) in [7, 11) is 0. The molecular weight excluding hydrogens is 186 g/mol. The van der Waals surface area contributed by atoms with Gasteiger partial charge in [0.15, 0.2) is 0 Å². The third-order valence-electron chi connectivity index (χ3n) is 1.89. The summed E-state index contributed by atoms with van der Waals surface area (Å²) >= 11 is 0. The highest BCUT2D eigenvalue weighted by molar-refractivity contribution is 5.71. The van der Waals surface area contributed by atoms with E-state index in [-0.39, 0.29) is 25.7 Å². The Labute approximate surface area is 84.1 Å². The lowest BCUT2D eigenvalue weighted by Crippen LogP contribution is -2.40. The maximum absolute atomic E-state index is 10.9. The van der Waals surface area contributed by atoms with E-state index in [1.54, 1.807) is 13.8 Å². The maximum atomic E-state index is 10.9. The first-order valence-corrected chi connectivity index (χ1v) is 4.66. The van der Waals surface area contributed by atoms with Gasteiger partial charge < -0.3 is 20.3 Å². The standard InChI is InChI=1S/C9H19NO4/c1-3-14-8(13)4-10-5-9(2,6-11)7-12/h10-12H,3-7H2,1-2H3. The quantitative estimate of drug-likeness (QED) is 0.471. The molecule has 14 heavy (non-hydrogen) atoms. The highest BCUT2D eigenvalue weighted by Gasteiger charge is 2.22. The fourth-order valence-corrected chi connectivity index (χ4v) is 0.840. The molecule has 0 heterocycles. The van der Waals surface area contributed by atoms with Crippen LogP contribution in [0.2, 0.25) is 0 Å². The van der Waals surface area contributed by atoms with Crippen molar-refractivity contribution in [2.24, 2.45) is 5.41 Å². The van der Waals surface area contributed by atoms with Gasteiger partial charge in [0, 0.05) is 12.0 Å². The number of nitrogens with one attached hydrogen (secondary N) is 1. The van der Waals surface area contributed by atoms with Crippen molar-refractivity contribution in [2.45, 2.75) is 13.8 Å². The number of hydrogen-bond donors (Lipinski definition) is 3. The first kappa shape index (κ1) is 13.4. The van der Waals surface area contributed by atoms with Gasteiger partial charge in [-0.1, -0.05) is 6.92 Å². The molecule has 0 aliphatic carbocycles. The molecule has 0 unspecified atom stereocenters. The van der Waals surface area contributed by atoms with E-state index >= 15 is 0 Å². The van der Waals surface area contributed by atoms with Gasteiger partial charge >= 0.3 is 5.97 Å². The Morgan fingerprint density at radius 2 is 2.00 bits per heavy atom. The Balaban J connectivity index is 3.66. The molecule has 84 valence electrons. The van der Waals surface area contributed by atoms with Crippen LogP contribution in [0.25, 0.3) is 0 Å². The topological polar surface area (TPSA) is 78.8 Å². The number of hydrogen-bond acceptors (Lipinski definition) is 5. The van der Waals surface area contributed by atoms with Gasteiger partial charge in [0.25, 0.3) is 0 Å². The van der Waals surface area contributed by atoms with Crippen LogP contribution in [0, 0.1) is 5.41 Å². The molecule has 0 aromatic carbocycles. The van der Waals surface area contributed by atoms with Crippen LogP contribution in [0.3, 0.4) is 0 Å². The van der Waals surface area contributed by atoms with Crippen molar-refractivity contribution < 1.29 is 19.7 Å². The van der Waals surface area contributed by atoms with E-state index in [1.165, 1.54) is 0 Å². The summed E-state index contributed by atoms with van der Waals surface area (Å²) < 4.78 is 4.70. The van der Waals surface area contributed by atoms with E-state index in [0.717, 1.165) is 0 Å². The SMILES string of the molecule is CCOC(=O)CNCC(C)(CO)CO. The fourth-order valence-electron chi connectivity index (χ4n) is 0.840. The third-order valence-corrected chi connectivity index (χ3v) is 1.89. The van der Waals surface area contributed by atoms with Crippen LogP contribution in [0.5, 0.6) is 0 Å². The summed E-state index contributed by atoms with van der Waals surface area (Å²) in [6.45, 7) is 4.05. The monoisotopic (exact) mass is 205 g/mol.